The van der Waals surface area contributed by atoms with Gasteiger partial charge in [0.25, 0.3) is 0 Å². The van der Waals surface area contributed by atoms with Gasteiger partial charge >= 0.3 is 19.7 Å². The molecule has 1 aromatic carbocycles. The maximum atomic E-state index is 13.4. The second-order valence-corrected chi connectivity index (χ2v) is 8.05. The van der Waals surface area contributed by atoms with Crippen LogP contribution in [0.2, 0.25) is 0 Å². The normalized spacial score (nSPS) is 20.8. The van der Waals surface area contributed by atoms with Gasteiger partial charge in [0.1, 0.15) is 5.75 Å². The summed E-state index contributed by atoms with van der Waals surface area (Å²) in [5.41, 5.74) is -2.08. The van der Waals surface area contributed by atoms with E-state index in [1.165, 1.54) is 6.07 Å². The molecule has 0 N–H and O–H groups in total. The van der Waals surface area contributed by atoms with Gasteiger partial charge in [-0.15, -0.1) is 0 Å². The molecule has 2 aliphatic rings. The molecule has 10 heteroatoms. The van der Waals surface area contributed by atoms with Crippen molar-refractivity contribution in [2.75, 3.05) is 14.2 Å². The molecule has 1 fully saturated rings. The Morgan fingerprint density at radius 2 is 1.84 bits per heavy atom. The van der Waals surface area contributed by atoms with Crippen molar-refractivity contribution < 1.29 is 41.1 Å². The Bertz CT molecular complexity index is 736. The number of fused-ring (bicyclic) bond motifs is 1. The Hall–Kier alpha value is -1.57. The van der Waals surface area contributed by atoms with Crippen LogP contribution in [0.25, 0.3) is 0 Å². The van der Waals surface area contributed by atoms with E-state index in [1.54, 1.807) is 0 Å². The van der Waals surface area contributed by atoms with E-state index in [9.17, 15) is 22.5 Å². The highest BCUT2D eigenvalue weighted by Crippen LogP contribution is 2.64. The number of benzene rings is 1. The molecule has 1 aromatic rings. The summed E-state index contributed by atoms with van der Waals surface area (Å²) in [6.07, 6.45) is -2.56. The number of rotatable bonds is 5. The first-order valence-electron chi connectivity index (χ1n) is 7.53. The Kier molecular flexibility index (Phi) is 4.59. The molecule has 0 spiro atoms. The molecule has 1 unspecified atom stereocenters. The predicted molar refractivity (Wildman–Crippen MR) is 79.5 cm³/mol. The van der Waals surface area contributed by atoms with Crippen LogP contribution in [-0.2, 0) is 24.5 Å². The zero-order valence-corrected chi connectivity index (χ0v) is 14.4. The highest BCUT2D eigenvalue weighted by Gasteiger charge is 2.50. The van der Waals surface area contributed by atoms with Gasteiger partial charge in [-0.2, -0.15) is 13.2 Å². The molecule has 0 radical (unpaired) electrons. The Balaban J connectivity index is 2.13. The molecule has 0 amide bonds. The van der Waals surface area contributed by atoms with Crippen LogP contribution < -0.4 is 4.74 Å². The maximum absolute atomic E-state index is 13.4. The minimum Gasteiger partial charge on any atom is -0.490 e. The van der Waals surface area contributed by atoms with Crippen molar-refractivity contribution in [1.29, 1.82) is 0 Å². The number of hydrogen-bond acceptors (Lipinski definition) is 6. The highest BCUT2D eigenvalue weighted by molar-refractivity contribution is 7.54. The van der Waals surface area contributed by atoms with Crippen LogP contribution in [0.5, 0.6) is 5.75 Å². The minimum atomic E-state index is -4.80. The third-order valence-electron chi connectivity index (χ3n) is 4.29. The number of alkyl halides is 3. The van der Waals surface area contributed by atoms with Crippen molar-refractivity contribution in [3.63, 3.8) is 0 Å². The van der Waals surface area contributed by atoms with E-state index < -0.39 is 36.7 Å². The van der Waals surface area contributed by atoms with Crippen LogP contribution in [-0.4, -0.2) is 26.3 Å². The van der Waals surface area contributed by atoms with Gasteiger partial charge in [0.05, 0.1) is 17.2 Å². The van der Waals surface area contributed by atoms with Gasteiger partial charge in [-0.3, -0.25) is 4.57 Å². The van der Waals surface area contributed by atoms with Crippen LogP contribution in [0, 0.1) is 0 Å². The Morgan fingerprint density at radius 3 is 2.32 bits per heavy atom. The standard InChI is InChI=1S/C15H16F3O6P/c1-21-25(20,22-2)14-10-6-9(23-8-4-3-5-8)7-11(15(16,17)18)12(10)13(19)24-14/h6-8,14H,3-5H2,1-2H3. The average molecular weight is 380 g/mol. The first-order valence-corrected chi connectivity index (χ1v) is 9.14. The van der Waals surface area contributed by atoms with Crippen molar-refractivity contribution in [3.05, 3.63) is 28.8 Å². The van der Waals surface area contributed by atoms with Gasteiger partial charge in [-0.05, 0) is 31.4 Å². The summed E-state index contributed by atoms with van der Waals surface area (Å²) in [5, 5.41) is 0. The lowest BCUT2D eigenvalue weighted by atomic mass is 9.96. The lowest BCUT2D eigenvalue weighted by Crippen LogP contribution is -2.25. The van der Waals surface area contributed by atoms with Gasteiger partial charge in [0.2, 0.25) is 5.85 Å². The maximum Gasteiger partial charge on any atom is 0.417 e. The molecule has 138 valence electrons. The topological polar surface area (TPSA) is 71.1 Å². The molecule has 0 bridgehead atoms. The van der Waals surface area contributed by atoms with Gasteiger partial charge in [-0.1, -0.05) is 0 Å². The summed E-state index contributed by atoms with van der Waals surface area (Å²) < 4.78 is 72.9. The molecular formula is C15H16F3O6P. The molecular weight excluding hydrogens is 364 g/mol. The van der Waals surface area contributed by atoms with Gasteiger partial charge in [-0.25, -0.2) is 4.79 Å². The molecule has 1 heterocycles. The van der Waals surface area contributed by atoms with Gasteiger partial charge < -0.3 is 18.5 Å². The largest absolute Gasteiger partial charge is 0.490 e. The smallest absolute Gasteiger partial charge is 0.417 e. The fraction of sp³-hybridized carbons (Fsp3) is 0.533. The number of carbonyl (C=O) groups excluding carboxylic acids is 1. The number of cyclic esters (lactones) is 1. The Morgan fingerprint density at radius 1 is 1.20 bits per heavy atom. The number of carbonyl (C=O) groups is 1. The van der Waals surface area contributed by atoms with Crippen LogP contribution in [0.15, 0.2) is 12.1 Å². The highest BCUT2D eigenvalue weighted by atomic mass is 31.2. The van der Waals surface area contributed by atoms with E-state index >= 15 is 0 Å². The Labute approximate surface area is 141 Å². The van der Waals surface area contributed by atoms with Gasteiger partial charge in [0, 0.05) is 19.8 Å². The van der Waals surface area contributed by atoms with Crippen LogP contribution in [0.3, 0.4) is 0 Å². The van der Waals surface area contributed by atoms with E-state index in [1.807, 2.05) is 0 Å². The van der Waals surface area contributed by atoms with Crippen LogP contribution in [0.4, 0.5) is 13.2 Å². The molecule has 0 saturated heterocycles. The van der Waals surface area contributed by atoms with Gasteiger partial charge in [0.15, 0.2) is 0 Å². The van der Waals surface area contributed by atoms with E-state index in [0.717, 1.165) is 39.5 Å². The quantitative estimate of drug-likeness (QED) is 0.561. The van der Waals surface area contributed by atoms with E-state index in [4.69, 9.17) is 18.5 Å². The minimum absolute atomic E-state index is 0.0576. The summed E-state index contributed by atoms with van der Waals surface area (Å²) in [6.45, 7) is 0. The summed E-state index contributed by atoms with van der Waals surface area (Å²) >= 11 is 0. The molecule has 1 saturated carbocycles. The molecule has 1 aliphatic heterocycles. The third kappa shape index (κ3) is 3.16. The summed E-state index contributed by atoms with van der Waals surface area (Å²) in [4.78, 5) is 12.0. The van der Waals surface area contributed by atoms with Crippen molar-refractivity contribution in [2.24, 2.45) is 0 Å². The number of hydrogen-bond donors (Lipinski definition) is 0. The van der Waals surface area contributed by atoms with Crippen LogP contribution >= 0.6 is 7.60 Å². The number of esters is 1. The van der Waals surface area contributed by atoms with Crippen molar-refractivity contribution >= 4 is 13.6 Å². The fourth-order valence-electron chi connectivity index (χ4n) is 2.76. The molecule has 0 aromatic heterocycles. The van der Waals surface area contributed by atoms with Crippen molar-refractivity contribution in [3.8, 4) is 5.75 Å². The third-order valence-corrected chi connectivity index (χ3v) is 6.26. The first-order chi connectivity index (χ1) is 11.7. The second kappa shape index (κ2) is 6.30. The average Bonchev–Trinajstić information content (AvgIpc) is 2.86. The lowest BCUT2D eigenvalue weighted by molar-refractivity contribution is -0.138. The first kappa shape index (κ1) is 18.2. The van der Waals surface area contributed by atoms with Crippen molar-refractivity contribution in [1.82, 2.24) is 0 Å². The number of ether oxygens (including phenoxy) is 2. The summed E-state index contributed by atoms with van der Waals surface area (Å²) in [7, 11) is -1.85. The summed E-state index contributed by atoms with van der Waals surface area (Å²) in [6, 6.07) is 2.01. The fourth-order valence-corrected chi connectivity index (χ4v) is 4.06. The predicted octanol–water partition coefficient (Wildman–Crippen LogP) is 4.29. The molecule has 1 aliphatic carbocycles. The second-order valence-electron chi connectivity index (χ2n) is 5.77. The molecule has 6 nitrogen and oxygen atoms in total. The lowest BCUT2D eigenvalue weighted by Gasteiger charge is -2.27. The van der Waals surface area contributed by atoms with Crippen molar-refractivity contribution in [2.45, 2.75) is 37.4 Å². The molecule has 1 atom stereocenters. The SMILES string of the molecule is COP(=O)(OC)C1OC(=O)c2c1cc(OC1CCC1)cc2C(F)(F)F. The van der Waals surface area contributed by atoms with E-state index in [2.05, 4.69) is 0 Å². The van der Waals surface area contributed by atoms with E-state index in [-0.39, 0.29) is 17.4 Å². The monoisotopic (exact) mass is 380 g/mol. The molecule has 25 heavy (non-hydrogen) atoms. The number of halogens is 3. The van der Waals surface area contributed by atoms with Crippen LogP contribution in [0.1, 0.15) is 46.6 Å². The van der Waals surface area contributed by atoms with E-state index in [0.29, 0.717) is 0 Å². The summed E-state index contributed by atoms with van der Waals surface area (Å²) in [5.74, 6) is -2.86. The zero-order chi connectivity index (χ0) is 18.4. The zero-order valence-electron chi connectivity index (χ0n) is 13.5. The molecule has 3 rings (SSSR count).